The summed E-state index contributed by atoms with van der Waals surface area (Å²) in [5.41, 5.74) is 7.45. The van der Waals surface area contributed by atoms with E-state index < -0.39 is 5.60 Å². The Kier molecular flexibility index (Phi) is 8.99. The van der Waals surface area contributed by atoms with E-state index in [1.54, 1.807) is 0 Å². The van der Waals surface area contributed by atoms with Crippen molar-refractivity contribution in [3.63, 3.8) is 0 Å². The molecule has 8 nitrogen and oxygen atoms in total. The number of hydrogen-bond donors (Lipinski definition) is 1. The number of carbonyl (C=O) groups is 1. The lowest BCUT2D eigenvalue weighted by atomic mass is 9.92. The zero-order valence-corrected chi connectivity index (χ0v) is 26.9. The monoisotopic (exact) mass is 632 g/mol. The first-order valence-corrected chi connectivity index (χ1v) is 15.6. The van der Waals surface area contributed by atoms with Crippen LogP contribution in [0, 0.1) is 27.7 Å². The topological polar surface area (TPSA) is 89.1 Å². The maximum Gasteiger partial charge on any atom is 0.222 e. The van der Waals surface area contributed by atoms with Crippen LogP contribution in [0.5, 0.6) is 0 Å². The number of aliphatic hydroxyl groups is 1. The van der Waals surface area contributed by atoms with E-state index in [-0.39, 0.29) is 11.9 Å². The molecule has 1 fully saturated rings. The third kappa shape index (κ3) is 6.52. The summed E-state index contributed by atoms with van der Waals surface area (Å²) in [5.74, 6) is 0.118. The van der Waals surface area contributed by atoms with Gasteiger partial charge in [-0.3, -0.25) is 9.48 Å². The van der Waals surface area contributed by atoms with Crippen LogP contribution >= 0.6 is 15.9 Å². The van der Waals surface area contributed by atoms with Crippen LogP contribution in [0.3, 0.4) is 0 Å². The first-order chi connectivity index (χ1) is 20.0. The number of rotatable bonds is 8. The average molecular weight is 634 g/mol. The largest absolute Gasteiger partial charge is 0.383 e. The Morgan fingerprint density at radius 2 is 1.83 bits per heavy atom. The maximum absolute atomic E-state index is 13.3. The molecule has 1 aliphatic heterocycles. The van der Waals surface area contributed by atoms with E-state index in [0.717, 1.165) is 39.1 Å². The molecular formula is C33H41BrN6O2. The number of aryl methyl sites for hydroxylation is 3. The van der Waals surface area contributed by atoms with Crippen molar-refractivity contribution in [3.8, 4) is 0 Å². The summed E-state index contributed by atoms with van der Waals surface area (Å²) >= 11 is 3.56. The quantitative estimate of drug-likeness (QED) is 0.259. The molecule has 42 heavy (non-hydrogen) atoms. The normalized spacial score (nSPS) is 18.2. The lowest BCUT2D eigenvalue weighted by Gasteiger charge is -2.25. The van der Waals surface area contributed by atoms with Gasteiger partial charge in [0.2, 0.25) is 5.91 Å². The molecule has 1 saturated heterocycles. The van der Waals surface area contributed by atoms with Gasteiger partial charge in [0.1, 0.15) is 11.3 Å². The predicted octanol–water partition coefficient (Wildman–Crippen LogP) is 5.96. The molecule has 2 aromatic carbocycles. The summed E-state index contributed by atoms with van der Waals surface area (Å²) in [4.78, 5) is 15.2. The standard InChI is InChI=1S/C33H41BrN6O2/c1-22-7-9-27(10-8-22)20-39-26(5)29(24(3)36-39)12-14-32(41)38-17-6-15-33(42,16-18-38)31-21-40(37-35-31)25(4)28-11-13-30(34)23(2)19-28/h7-11,13,19,21,25,42H,6,12,14-18,20H2,1-5H3/t25-,33?/m0/s1. The summed E-state index contributed by atoms with van der Waals surface area (Å²) in [7, 11) is 0. The van der Waals surface area contributed by atoms with Gasteiger partial charge in [0, 0.05) is 29.7 Å². The van der Waals surface area contributed by atoms with E-state index in [2.05, 4.69) is 90.3 Å². The van der Waals surface area contributed by atoms with E-state index in [9.17, 15) is 9.90 Å². The molecule has 1 aliphatic rings. The third-order valence-electron chi connectivity index (χ3n) is 8.79. The van der Waals surface area contributed by atoms with Crippen molar-refractivity contribution in [2.24, 2.45) is 0 Å². The van der Waals surface area contributed by atoms with Crippen LogP contribution in [0.25, 0.3) is 0 Å². The Bertz CT molecular complexity index is 1560. The molecule has 0 bridgehead atoms. The van der Waals surface area contributed by atoms with Crippen molar-refractivity contribution in [2.75, 3.05) is 13.1 Å². The molecule has 2 aromatic heterocycles. The van der Waals surface area contributed by atoms with E-state index >= 15 is 0 Å². The molecule has 4 aromatic rings. The summed E-state index contributed by atoms with van der Waals surface area (Å²) in [6.07, 6.45) is 4.65. The van der Waals surface area contributed by atoms with E-state index in [1.165, 1.54) is 11.1 Å². The highest BCUT2D eigenvalue weighted by atomic mass is 79.9. The highest BCUT2D eigenvalue weighted by Gasteiger charge is 2.36. The minimum Gasteiger partial charge on any atom is -0.383 e. The smallest absolute Gasteiger partial charge is 0.222 e. The van der Waals surface area contributed by atoms with Gasteiger partial charge < -0.3 is 10.0 Å². The Labute approximate surface area is 256 Å². The van der Waals surface area contributed by atoms with E-state index in [0.29, 0.717) is 50.9 Å². The molecule has 0 radical (unpaired) electrons. The summed E-state index contributed by atoms with van der Waals surface area (Å²) < 4.78 is 4.92. The van der Waals surface area contributed by atoms with Gasteiger partial charge in [-0.15, -0.1) is 5.10 Å². The molecule has 5 rings (SSSR count). The fourth-order valence-corrected chi connectivity index (χ4v) is 6.14. The maximum atomic E-state index is 13.3. The average Bonchev–Trinajstić information content (AvgIpc) is 3.50. The SMILES string of the molecule is Cc1ccc(Cn2nc(C)c(CCC(=O)N3CCCC(O)(c4cn([C@@H](C)c5ccc(Br)c(C)c5)nn4)CC3)c2C)cc1. The Hall–Kier alpha value is -3.30. The van der Waals surface area contributed by atoms with Gasteiger partial charge in [-0.05, 0) is 88.6 Å². The van der Waals surface area contributed by atoms with Crippen molar-refractivity contribution in [1.29, 1.82) is 0 Å². The number of aromatic nitrogens is 5. The molecule has 9 heteroatoms. The Morgan fingerprint density at radius 1 is 1.07 bits per heavy atom. The molecule has 222 valence electrons. The number of amides is 1. The number of halogens is 1. The molecule has 1 unspecified atom stereocenters. The second-order valence-corrected chi connectivity index (χ2v) is 12.7. The van der Waals surface area contributed by atoms with Gasteiger partial charge in [0.25, 0.3) is 0 Å². The predicted molar refractivity (Wildman–Crippen MR) is 167 cm³/mol. The van der Waals surface area contributed by atoms with Crippen molar-refractivity contribution in [2.45, 2.75) is 84.9 Å². The van der Waals surface area contributed by atoms with Gasteiger partial charge in [-0.1, -0.05) is 63.1 Å². The summed E-state index contributed by atoms with van der Waals surface area (Å²) in [5, 5.41) is 25.1. The second-order valence-electron chi connectivity index (χ2n) is 11.8. The Balaban J connectivity index is 1.19. The first-order valence-electron chi connectivity index (χ1n) is 14.8. The fraction of sp³-hybridized carbons (Fsp3) is 0.455. The van der Waals surface area contributed by atoms with Crippen LogP contribution in [-0.4, -0.2) is 53.8 Å². The van der Waals surface area contributed by atoms with Gasteiger partial charge in [-0.25, -0.2) is 4.68 Å². The van der Waals surface area contributed by atoms with Crippen LogP contribution in [0.1, 0.15) is 83.5 Å². The van der Waals surface area contributed by atoms with Crippen molar-refractivity contribution >= 4 is 21.8 Å². The molecule has 1 amide bonds. The minimum atomic E-state index is -1.10. The zero-order valence-electron chi connectivity index (χ0n) is 25.3. The number of hydrogen-bond acceptors (Lipinski definition) is 5. The van der Waals surface area contributed by atoms with Crippen LogP contribution in [0.2, 0.25) is 0 Å². The van der Waals surface area contributed by atoms with Crippen LogP contribution < -0.4 is 0 Å². The number of nitrogens with zero attached hydrogens (tertiary/aromatic N) is 6. The lowest BCUT2D eigenvalue weighted by molar-refractivity contribution is -0.131. The number of carbonyl (C=O) groups excluding carboxylic acids is 1. The van der Waals surface area contributed by atoms with Crippen molar-refractivity contribution < 1.29 is 9.90 Å². The molecule has 2 atom stereocenters. The molecule has 1 N–H and O–H groups in total. The third-order valence-corrected chi connectivity index (χ3v) is 9.68. The lowest BCUT2D eigenvalue weighted by Crippen LogP contribution is -2.34. The van der Waals surface area contributed by atoms with E-state index in [1.807, 2.05) is 33.5 Å². The van der Waals surface area contributed by atoms with Crippen LogP contribution in [0.15, 0.2) is 53.1 Å². The van der Waals surface area contributed by atoms with Crippen molar-refractivity contribution in [3.05, 3.63) is 98.0 Å². The van der Waals surface area contributed by atoms with Gasteiger partial charge in [-0.2, -0.15) is 5.10 Å². The van der Waals surface area contributed by atoms with Gasteiger partial charge in [0.15, 0.2) is 0 Å². The molecule has 3 heterocycles. The van der Waals surface area contributed by atoms with Crippen LogP contribution in [-0.2, 0) is 23.4 Å². The molecule has 0 spiro atoms. The van der Waals surface area contributed by atoms with Crippen molar-refractivity contribution in [1.82, 2.24) is 29.7 Å². The minimum absolute atomic E-state index is 0.0151. The number of likely N-dealkylation sites (tertiary alicyclic amines) is 1. The van der Waals surface area contributed by atoms with E-state index in [4.69, 9.17) is 5.10 Å². The zero-order chi connectivity index (χ0) is 30.0. The van der Waals surface area contributed by atoms with Gasteiger partial charge in [0.05, 0.1) is 24.5 Å². The Morgan fingerprint density at radius 3 is 2.57 bits per heavy atom. The highest BCUT2D eigenvalue weighted by molar-refractivity contribution is 9.10. The first kappa shape index (κ1) is 30.2. The molecular weight excluding hydrogens is 592 g/mol. The summed E-state index contributed by atoms with van der Waals surface area (Å²) in [6.45, 7) is 12.2. The fourth-order valence-electron chi connectivity index (χ4n) is 5.89. The number of benzene rings is 2. The highest BCUT2D eigenvalue weighted by Crippen LogP contribution is 2.33. The van der Waals surface area contributed by atoms with Gasteiger partial charge >= 0.3 is 0 Å². The van der Waals surface area contributed by atoms with Crippen LogP contribution in [0.4, 0.5) is 0 Å². The second kappa shape index (κ2) is 12.5. The molecule has 0 saturated carbocycles. The molecule has 0 aliphatic carbocycles. The summed E-state index contributed by atoms with van der Waals surface area (Å²) in [6, 6.07) is 14.8.